The van der Waals surface area contributed by atoms with E-state index in [4.69, 9.17) is 16.3 Å². The van der Waals surface area contributed by atoms with Crippen LogP contribution in [0.3, 0.4) is 0 Å². The second kappa shape index (κ2) is 4.99. The molecule has 2 aromatic rings. The van der Waals surface area contributed by atoms with Gasteiger partial charge in [-0.3, -0.25) is 0 Å². The molecule has 0 radical (unpaired) electrons. The van der Waals surface area contributed by atoms with Crippen molar-refractivity contribution in [2.75, 3.05) is 6.61 Å². The highest BCUT2D eigenvalue weighted by molar-refractivity contribution is 9.10. The second-order valence-electron chi connectivity index (χ2n) is 4.24. The van der Waals surface area contributed by atoms with Crippen molar-refractivity contribution in [2.24, 2.45) is 0 Å². The van der Waals surface area contributed by atoms with E-state index in [-0.39, 0.29) is 5.82 Å². The normalized spacial score (nSPS) is 13.5. The molecule has 0 aromatic heterocycles. The van der Waals surface area contributed by atoms with E-state index in [2.05, 4.69) is 15.9 Å². The van der Waals surface area contributed by atoms with Crippen molar-refractivity contribution >= 4 is 39.2 Å². The number of halogens is 3. The van der Waals surface area contributed by atoms with E-state index in [0.29, 0.717) is 17.2 Å². The summed E-state index contributed by atoms with van der Waals surface area (Å²) in [4.78, 5) is 0. The molecular formula is C15H9BrClFO. The van der Waals surface area contributed by atoms with E-state index >= 15 is 0 Å². The lowest BCUT2D eigenvalue weighted by Crippen LogP contribution is -2.08. The van der Waals surface area contributed by atoms with Crippen molar-refractivity contribution in [3.63, 3.8) is 0 Å². The molecule has 4 heteroatoms. The Labute approximate surface area is 123 Å². The molecule has 0 aliphatic carbocycles. The van der Waals surface area contributed by atoms with Crippen LogP contribution in [-0.2, 0) is 0 Å². The maximum Gasteiger partial charge on any atom is 0.141 e. The number of fused-ring (bicyclic) bond motifs is 1. The minimum Gasteiger partial charge on any atom is -0.487 e. The Morgan fingerprint density at radius 2 is 2.05 bits per heavy atom. The summed E-state index contributed by atoms with van der Waals surface area (Å²) >= 11 is 9.20. The van der Waals surface area contributed by atoms with Crippen LogP contribution in [0.25, 0.3) is 11.6 Å². The van der Waals surface area contributed by atoms with Gasteiger partial charge in [0.25, 0.3) is 0 Å². The lowest BCUT2D eigenvalue weighted by Gasteiger charge is -2.19. The number of hydrogen-bond donors (Lipinski definition) is 0. The first-order valence-corrected chi connectivity index (χ1v) is 6.89. The topological polar surface area (TPSA) is 9.23 Å². The van der Waals surface area contributed by atoms with E-state index in [1.807, 2.05) is 24.3 Å². The molecule has 0 saturated carbocycles. The van der Waals surface area contributed by atoms with Crippen LogP contribution in [-0.4, -0.2) is 6.61 Å². The molecule has 0 N–H and O–H groups in total. The Kier molecular flexibility index (Phi) is 3.33. The van der Waals surface area contributed by atoms with Crippen LogP contribution in [0, 0.1) is 5.82 Å². The first-order valence-electron chi connectivity index (χ1n) is 5.72. The smallest absolute Gasteiger partial charge is 0.141 e. The first-order chi connectivity index (χ1) is 9.15. The standard InChI is InChI=1S/C15H9BrClFO/c16-13-3-1-2-9-6-10(8-19-15(9)13)12-5-4-11(17)7-14(12)18/h1-7H,8H2. The summed E-state index contributed by atoms with van der Waals surface area (Å²) in [5.74, 6) is 0.460. The lowest BCUT2D eigenvalue weighted by molar-refractivity contribution is 0.363. The number of para-hydroxylation sites is 1. The molecule has 2 aromatic carbocycles. The van der Waals surface area contributed by atoms with Crippen molar-refractivity contribution in [2.45, 2.75) is 0 Å². The Hall–Kier alpha value is -1.32. The zero-order chi connectivity index (χ0) is 13.4. The van der Waals surface area contributed by atoms with Crippen molar-refractivity contribution in [1.29, 1.82) is 0 Å². The Morgan fingerprint density at radius 3 is 2.84 bits per heavy atom. The van der Waals surface area contributed by atoms with Crippen LogP contribution in [0.4, 0.5) is 4.39 Å². The van der Waals surface area contributed by atoms with Crippen LogP contribution in [0.1, 0.15) is 11.1 Å². The van der Waals surface area contributed by atoms with Gasteiger partial charge in [0.1, 0.15) is 18.2 Å². The van der Waals surface area contributed by atoms with E-state index in [1.165, 1.54) is 6.07 Å². The molecule has 96 valence electrons. The fourth-order valence-electron chi connectivity index (χ4n) is 2.08. The summed E-state index contributed by atoms with van der Waals surface area (Å²) in [5.41, 5.74) is 2.26. The summed E-state index contributed by atoms with van der Waals surface area (Å²) in [7, 11) is 0. The van der Waals surface area contributed by atoms with Gasteiger partial charge in [0.05, 0.1) is 4.47 Å². The van der Waals surface area contributed by atoms with E-state index < -0.39 is 0 Å². The van der Waals surface area contributed by atoms with Gasteiger partial charge in [-0.05, 0) is 40.2 Å². The van der Waals surface area contributed by atoms with Crippen molar-refractivity contribution in [1.82, 2.24) is 0 Å². The van der Waals surface area contributed by atoms with Crippen LogP contribution < -0.4 is 4.74 Å². The minimum atomic E-state index is -0.333. The monoisotopic (exact) mass is 338 g/mol. The van der Waals surface area contributed by atoms with Crippen LogP contribution in [0.5, 0.6) is 5.75 Å². The molecule has 0 atom stereocenters. The zero-order valence-electron chi connectivity index (χ0n) is 9.79. The maximum atomic E-state index is 13.9. The summed E-state index contributed by atoms with van der Waals surface area (Å²) < 4.78 is 20.5. The van der Waals surface area contributed by atoms with Crippen LogP contribution in [0.2, 0.25) is 5.02 Å². The van der Waals surface area contributed by atoms with Gasteiger partial charge in [0.15, 0.2) is 0 Å². The lowest BCUT2D eigenvalue weighted by atomic mass is 10.0. The summed E-state index contributed by atoms with van der Waals surface area (Å²) in [5, 5.41) is 0.390. The third-order valence-corrected chi connectivity index (χ3v) is 3.84. The SMILES string of the molecule is Fc1cc(Cl)ccc1C1=Cc2cccc(Br)c2OC1. The average Bonchev–Trinajstić information content (AvgIpc) is 2.38. The molecule has 1 aliphatic heterocycles. The third-order valence-electron chi connectivity index (χ3n) is 2.98. The Morgan fingerprint density at radius 1 is 1.21 bits per heavy atom. The maximum absolute atomic E-state index is 13.9. The summed E-state index contributed by atoms with van der Waals surface area (Å²) in [6.45, 7) is 0.341. The van der Waals surface area contributed by atoms with E-state index in [9.17, 15) is 4.39 Å². The highest BCUT2D eigenvalue weighted by atomic mass is 79.9. The van der Waals surface area contributed by atoms with Gasteiger partial charge >= 0.3 is 0 Å². The van der Waals surface area contributed by atoms with Gasteiger partial charge in [-0.1, -0.05) is 29.8 Å². The van der Waals surface area contributed by atoms with Gasteiger partial charge in [-0.25, -0.2) is 4.39 Å². The van der Waals surface area contributed by atoms with Gasteiger partial charge in [-0.15, -0.1) is 0 Å². The van der Waals surface area contributed by atoms with Gasteiger partial charge in [0.2, 0.25) is 0 Å². The second-order valence-corrected chi connectivity index (χ2v) is 5.53. The molecule has 1 heterocycles. The summed E-state index contributed by atoms with van der Waals surface area (Å²) in [6.07, 6.45) is 1.94. The predicted octanol–water partition coefficient (Wildman–Crippen LogP) is 5.17. The van der Waals surface area contributed by atoms with Crippen LogP contribution in [0.15, 0.2) is 40.9 Å². The largest absolute Gasteiger partial charge is 0.487 e. The Balaban J connectivity index is 2.08. The fraction of sp³-hybridized carbons (Fsp3) is 0.0667. The quantitative estimate of drug-likeness (QED) is 0.696. The molecular weight excluding hydrogens is 331 g/mol. The molecule has 0 amide bonds. The predicted molar refractivity (Wildman–Crippen MR) is 78.9 cm³/mol. The molecule has 0 unspecified atom stereocenters. The van der Waals surface area contributed by atoms with E-state index in [1.54, 1.807) is 12.1 Å². The first kappa shape index (κ1) is 12.7. The minimum absolute atomic E-state index is 0.333. The van der Waals surface area contributed by atoms with Crippen LogP contribution >= 0.6 is 27.5 Å². The van der Waals surface area contributed by atoms with Gasteiger partial charge in [-0.2, -0.15) is 0 Å². The fourth-order valence-corrected chi connectivity index (χ4v) is 2.73. The average molecular weight is 340 g/mol. The number of ether oxygens (including phenoxy) is 1. The van der Waals surface area contributed by atoms with Gasteiger partial charge < -0.3 is 4.74 Å². The number of rotatable bonds is 1. The molecule has 0 fully saturated rings. The van der Waals surface area contributed by atoms with Crippen molar-refractivity contribution in [3.05, 3.63) is 62.8 Å². The molecule has 19 heavy (non-hydrogen) atoms. The summed E-state index contributed by atoms with van der Waals surface area (Å²) in [6, 6.07) is 10.4. The Bertz CT molecular complexity index is 682. The van der Waals surface area contributed by atoms with E-state index in [0.717, 1.165) is 21.4 Å². The number of benzene rings is 2. The molecule has 0 saturated heterocycles. The highest BCUT2D eigenvalue weighted by Gasteiger charge is 2.17. The molecule has 1 aliphatic rings. The molecule has 0 bridgehead atoms. The highest BCUT2D eigenvalue weighted by Crippen LogP contribution is 2.36. The zero-order valence-corrected chi connectivity index (χ0v) is 12.1. The number of hydrogen-bond acceptors (Lipinski definition) is 1. The third kappa shape index (κ3) is 2.40. The van der Waals surface area contributed by atoms with Crippen molar-refractivity contribution < 1.29 is 9.13 Å². The molecule has 0 spiro atoms. The van der Waals surface area contributed by atoms with Gasteiger partial charge in [0, 0.05) is 21.7 Å². The van der Waals surface area contributed by atoms with Crippen molar-refractivity contribution in [3.8, 4) is 5.75 Å². The molecule has 1 nitrogen and oxygen atoms in total. The molecule has 3 rings (SSSR count).